The highest BCUT2D eigenvalue weighted by atomic mass is 32.2. The minimum atomic E-state index is -3.26. The lowest BCUT2D eigenvalue weighted by molar-refractivity contribution is 0.208. The first-order chi connectivity index (χ1) is 9.61. The summed E-state index contributed by atoms with van der Waals surface area (Å²) >= 11 is 0. The molecule has 112 valence electrons. The summed E-state index contributed by atoms with van der Waals surface area (Å²) in [6.45, 7) is 4.61. The van der Waals surface area contributed by atoms with E-state index >= 15 is 0 Å². The van der Waals surface area contributed by atoms with E-state index in [0.29, 0.717) is 32.1 Å². The smallest absolute Gasteiger partial charge is 0.282 e. The van der Waals surface area contributed by atoms with Gasteiger partial charge in [-0.3, -0.25) is 0 Å². The van der Waals surface area contributed by atoms with Crippen molar-refractivity contribution in [3.63, 3.8) is 0 Å². The van der Waals surface area contributed by atoms with E-state index in [9.17, 15) is 8.42 Å². The molecule has 0 saturated carbocycles. The van der Waals surface area contributed by atoms with Gasteiger partial charge < -0.3 is 4.98 Å². The Labute approximate surface area is 120 Å². The van der Waals surface area contributed by atoms with E-state index in [2.05, 4.69) is 16.9 Å². The van der Waals surface area contributed by atoms with Crippen molar-refractivity contribution in [3.05, 3.63) is 18.2 Å². The van der Waals surface area contributed by atoms with Crippen molar-refractivity contribution in [2.45, 2.75) is 32.1 Å². The van der Waals surface area contributed by atoms with Crippen LogP contribution in [-0.4, -0.2) is 53.2 Å². The number of hydrogen-bond donors (Lipinski definition) is 1. The fourth-order valence-electron chi connectivity index (χ4n) is 3.01. The Morgan fingerprint density at radius 3 is 2.55 bits per heavy atom. The summed E-state index contributed by atoms with van der Waals surface area (Å²) in [7, 11) is -3.26. The summed E-state index contributed by atoms with van der Waals surface area (Å²) in [5.74, 6) is 1.79. The molecule has 3 rings (SSSR count). The molecule has 2 aliphatic rings. The first kappa shape index (κ1) is 14.0. The lowest BCUT2D eigenvalue weighted by Crippen LogP contribution is -2.55. The molecule has 6 nitrogen and oxygen atoms in total. The minimum absolute atomic E-state index is 0.216. The summed E-state index contributed by atoms with van der Waals surface area (Å²) in [6.07, 6.45) is 6.62. The lowest BCUT2D eigenvalue weighted by atomic mass is 9.96. The molecule has 2 fully saturated rings. The number of hydrogen-bond acceptors (Lipinski definition) is 3. The standard InChI is InChI=1S/C13H22N4O2S/c1-2-11-3-7-16(8-4-11)20(18,19)17-9-12(10-17)13-14-5-6-15-13/h5-6,11-12H,2-4,7-10H2,1H3,(H,14,15). The number of imidazole rings is 1. The molecule has 20 heavy (non-hydrogen) atoms. The van der Waals surface area contributed by atoms with E-state index in [-0.39, 0.29) is 5.92 Å². The number of aromatic amines is 1. The van der Waals surface area contributed by atoms with Crippen molar-refractivity contribution in [1.29, 1.82) is 0 Å². The first-order valence-corrected chi connectivity index (χ1v) is 8.75. The lowest BCUT2D eigenvalue weighted by Gasteiger charge is -2.41. The van der Waals surface area contributed by atoms with E-state index in [1.165, 1.54) is 0 Å². The largest absolute Gasteiger partial charge is 0.348 e. The predicted molar refractivity (Wildman–Crippen MR) is 76.4 cm³/mol. The first-order valence-electron chi connectivity index (χ1n) is 7.35. The average Bonchev–Trinajstić information content (AvgIpc) is 2.90. The van der Waals surface area contributed by atoms with Crippen LogP contribution in [0.1, 0.15) is 37.9 Å². The van der Waals surface area contributed by atoms with Crippen molar-refractivity contribution >= 4 is 10.2 Å². The summed E-state index contributed by atoms with van der Waals surface area (Å²) in [5.41, 5.74) is 0. The SMILES string of the molecule is CCC1CCN(S(=O)(=O)N2CC(c3ncc[nH]3)C2)CC1. The Kier molecular flexibility index (Phi) is 3.83. The van der Waals surface area contributed by atoms with Crippen LogP contribution < -0.4 is 0 Å². The van der Waals surface area contributed by atoms with E-state index in [4.69, 9.17) is 0 Å². The van der Waals surface area contributed by atoms with Gasteiger partial charge in [-0.1, -0.05) is 13.3 Å². The predicted octanol–water partition coefficient (Wildman–Crippen LogP) is 1.18. The van der Waals surface area contributed by atoms with Crippen LogP contribution in [0, 0.1) is 5.92 Å². The van der Waals surface area contributed by atoms with Crippen LogP contribution in [0.5, 0.6) is 0 Å². The van der Waals surface area contributed by atoms with E-state index in [0.717, 1.165) is 25.1 Å². The van der Waals surface area contributed by atoms with E-state index in [1.54, 1.807) is 21.0 Å². The Hall–Kier alpha value is -0.920. The van der Waals surface area contributed by atoms with Crippen molar-refractivity contribution in [2.24, 2.45) is 5.92 Å². The van der Waals surface area contributed by atoms with Crippen LogP contribution >= 0.6 is 0 Å². The Morgan fingerprint density at radius 2 is 2.00 bits per heavy atom. The zero-order valence-electron chi connectivity index (χ0n) is 11.8. The topological polar surface area (TPSA) is 69.3 Å². The maximum Gasteiger partial charge on any atom is 0.282 e. The van der Waals surface area contributed by atoms with Crippen molar-refractivity contribution < 1.29 is 8.42 Å². The monoisotopic (exact) mass is 298 g/mol. The quantitative estimate of drug-likeness (QED) is 0.907. The molecule has 7 heteroatoms. The molecule has 0 amide bonds. The van der Waals surface area contributed by atoms with Gasteiger partial charge in [0.15, 0.2) is 0 Å². The highest BCUT2D eigenvalue weighted by Crippen LogP contribution is 2.30. The Morgan fingerprint density at radius 1 is 1.30 bits per heavy atom. The average molecular weight is 298 g/mol. The number of nitrogens with zero attached hydrogens (tertiary/aromatic N) is 3. The molecule has 2 aliphatic heterocycles. The van der Waals surface area contributed by atoms with Crippen molar-refractivity contribution in [2.75, 3.05) is 26.2 Å². The zero-order chi connectivity index (χ0) is 14.2. The van der Waals surface area contributed by atoms with Crippen LogP contribution in [0.4, 0.5) is 0 Å². The molecule has 2 saturated heterocycles. The molecule has 1 aromatic heterocycles. The molecule has 0 aliphatic carbocycles. The third kappa shape index (κ3) is 2.49. The molecular weight excluding hydrogens is 276 g/mol. The molecule has 0 atom stereocenters. The van der Waals surface area contributed by atoms with Gasteiger partial charge in [0, 0.05) is 44.5 Å². The van der Waals surface area contributed by atoms with E-state index in [1.807, 2.05) is 0 Å². The van der Waals surface area contributed by atoms with Crippen LogP contribution in [-0.2, 0) is 10.2 Å². The van der Waals surface area contributed by atoms with Crippen LogP contribution in [0.25, 0.3) is 0 Å². The second kappa shape index (κ2) is 5.46. The molecule has 0 aromatic carbocycles. The molecule has 0 bridgehead atoms. The van der Waals surface area contributed by atoms with Gasteiger partial charge in [-0.15, -0.1) is 0 Å². The summed E-state index contributed by atoms with van der Waals surface area (Å²) in [4.78, 5) is 7.26. The number of piperidine rings is 1. The maximum absolute atomic E-state index is 12.5. The summed E-state index contributed by atoms with van der Waals surface area (Å²) in [5, 5.41) is 0. The summed E-state index contributed by atoms with van der Waals surface area (Å²) < 4.78 is 28.2. The number of aromatic nitrogens is 2. The fraction of sp³-hybridized carbons (Fsp3) is 0.769. The molecule has 1 N–H and O–H groups in total. The normalized spacial score (nSPS) is 23.9. The van der Waals surface area contributed by atoms with Gasteiger partial charge >= 0.3 is 0 Å². The molecular formula is C13H22N4O2S. The van der Waals surface area contributed by atoms with Gasteiger partial charge in [0.05, 0.1) is 0 Å². The maximum atomic E-state index is 12.5. The van der Waals surface area contributed by atoms with Crippen LogP contribution in [0.3, 0.4) is 0 Å². The third-order valence-corrected chi connectivity index (χ3v) is 6.53. The highest BCUT2D eigenvalue weighted by Gasteiger charge is 2.41. The Bertz CT molecular complexity index is 529. The zero-order valence-corrected chi connectivity index (χ0v) is 12.6. The minimum Gasteiger partial charge on any atom is -0.348 e. The Balaban J connectivity index is 1.58. The van der Waals surface area contributed by atoms with Gasteiger partial charge in [-0.05, 0) is 18.8 Å². The number of H-pyrrole nitrogens is 1. The van der Waals surface area contributed by atoms with Gasteiger partial charge in [0.25, 0.3) is 10.2 Å². The van der Waals surface area contributed by atoms with E-state index < -0.39 is 10.2 Å². The summed E-state index contributed by atoms with van der Waals surface area (Å²) in [6, 6.07) is 0. The highest BCUT2D eigenvalue weighted by molar-refractivity contribution is 7.86. The fourth-order valence-corrected chi connectivity index (χ4v) is 4.75. The van der Waals surface area contributed by atoms with Gasteiger partial charge in [0.2, 0.25) is 0 Å². The number of rotatable bonds is 4. The van der Waals surface area contributed by atoms with Gasteiger partial charge in [0.1, 0.15) is 5.82 Å². The van der Waals surface area contributed by atoms with Gasteiger partial charge in [-0.2, -0.15) is 17.0 Å². The number of nitrogens with one attached hydrogen (secondary N) is 1. The second-order valence-corrected chi connectivity index (χ2v) is 7.68. The van der Waals surface area contributed by atoms with Crippen LogP contribution in [0.2, 0.25) is 0 Å². The van der Waals surface area contributed by atoms with Gasteiger partial charge in [-0.25, -0.2) is 4.98 Å². The molecule has 3 heterocycles. The molecule has 0 radical (unpaired) electrons. The third-order valence-electron chi connectivity index (χ3n) is 4.56. The van der Waals surface area contributed by atoms with Crippen LogP contribution in [0.15, 0.2) is 12.4 Å². The van der Waals surface area contributed by atoms with Crippen molar-refractivity contribution in [3.8, 4) is 0 Å². The second-order valence-electron chi connectivity index (χ2n) is 5.75. The molecule has 0 spiro atoms. The molecule has 0 unspecified atom stereocenters. The van der Waals surface area contributed by atoms with Crippen molar-refractivity contribution in [1.82, 2.24) is 18.6 Å². The molecule has 1 aromatic rings.